The van der Waals surface area contributed by atoms with Crippen LogP contribution in [0.3, 0.4) is 0 Å². The Labute approximate surface area is 129 Å². The third kappa shape index (κ3) is 4.27. The van der Waals surface area contributed by atoms with E-state index in [2.05, 4.69) is 35.9 Å². The molecule has 0 aromatic carbocycles. The van der Waals surface area contributed by atoms with E-state index in [4.69, 9.17) is 5.73 Å². The molecule has 1 aliphatic carbocycles. The lowest BCUT2D eigenvalue weighted by Gasteiger charge is -2.47. The molecule has 0 bridgehead atoms. The molecule has 1 aromatic heterocycles. The summed E-state index contributed by atoms with van der Waals surface area (Å²) in [6.45, 7) is 7.67. The molecule has 0 radical (unpaired) electrons. The van der Waals surface area contributed by atoms with Crippen LogP contribution in [0.2, 0.25) is 0 Å². The average molecular weight is 289 g/mol. The summed E-state index contributed by atoms with van der Waals surface area (Å²) in [5, 5.41) is 0. The average Bonchev–Trinajstić information content (AvgIpc) is 2.54. The van der Waals surface area contributed by atoms with Crippen LogP contribution in [-0.4, -0.2) is 35.1 Å². The van der Waals surface area contributed by atoms with E-state index in [1.165, 1.54) is 37.8 Å². The van der Waals surface area contributed by atoms with Crippen LogP contribution in [0, 0.1) is 5.92 Å². The molecule has 118 valence electrons. The van der Waals surface area contributed by atoms with Crippen LogP contribution >= 0.6 is 0 Å². The van der Waals surface area contributed by atoms with Gasteiger partial charge in [0.15, 0.2) is 0 Å². The van der Waals surface area contributed by atoms with Crippen molar-refractivity contribution < 1.29 is 0 Å². The lowest BCUT2D eigenvalue weighted by molar-refractivity contribution is 0.0451. The van der Waals surface area contributed by atoms with E-state index in [0.29, 0.717) is 0 Å². The van der Waals surface area contributed by atoms with E-state index >= 15 is 0 Å². The first-order chi connectivity index (χ1) is 10.2. The summed E-state index contributed by atoms with van der Waals surface area (Å²) in [7, 11) is 0. The van der Waals surface area contributed by atoms with Gasteiger partial charge in [-0.15, -0.1) is 0 Å². The topological polar surface area (TPSA) is 42.2 Å². The normalized spacial score (nSPS) is 26.2. The van der Waals surface area contributed by atoms with Crippen LogP contribution in [0.4, 0.5) is 0 Å². The van der Waals surface area contributed by atoms with E-state index in [1.54, 1.807) is 0 Å². The van der Waals surface area contributed by atoms with Gasteiger partial charge in [0.2, 0.25) is 0 Å². The second-order valence-corrected chi connectivity index (χ2v) is 6.67. The maximum absolute atomic E-state index is 6.23. The number of pyridine rings is 1. The monoisotopic (exact) mass is 289 g/mol. The minimum absolute atomic E-state index is 0.233. The maximum Gasteiger partial charge on any atom is 0.0416 e. The van der Waals surface area contributed by atoms with Gasteiger partial charge in [-0.3, -0.25) is 9.88 Å². The Bertz CT molecular complexity index is 396. The van der Waals surface area contributed by atoms with Crippen molar-refractivity contribution in [3.63, 3.8) is 0 Å². The van der Waals surface area contributed by atoms with E-state index in [0.717, 1.165) is 32.0 Å². The van der Waals surface area contributed by atoms with Gasteiger partial charge in [0.1, 0.15) is 0 Å². The van der Waals surface area contributed by atoms with Crippen molar-refractivity contribution in [1.82, 2.24) is 9.88 Å². The molecule has 0 amide bonds. The third-order valence-corrected chi connectivity index (χ3v) is 5.11. The Morgan fingerprint density at radius 1 is 1.29 bits per heavy atom. The number of nitrogens with zero attached hydrogens (tertiary/aromatic N) is 2. The van der Waals surface area contributed by atoms with E-state index < -0.39 is 0 Å². The quantitative estimate of drug-likeness (QED) is 0.838. The molecule has 1 saturated carbocycles. The molecule has 0 atom stereocenters. The molecule has 21 heavy (non-hydrogen) atoms. The van der Waals surface area contributed by atoms with Crippen molar-refractivity contribution in [3.05, 3.63) is 30.1 Å². The molecule has 2 rings (SSSR count). The van der Waals surface area contributed by atoms with Crippen molar-refractivity contribution in [2.24, 2.45) is 11.7 Å². The SMILES string of the molecule is CCCN(CCc1ccccn1)C1(CN)CCC(C)CC1. The molecule has 0 aliphatic heterocycles. The maximum atomic E-state index is 6.23. The Morgan fingerprint density at radius 2 is 2.05 bits per heavy atom. The summed E-state index contributed by atoms with van der Waals surface area (Å²) >= 11 is 0. The van der Waals surface area contributed by atoms with Gasteiger partial charge in [0.25, 0.3) is 0 Å². The van der Waals surface area contributed by atoms with Crippen LogP contribution in [0.25, 0.3) is 0 Å². The van der Waals surface area contributed by atoms with Gasteiger partial charge < -0.3 is 5.73 Å². The molecule has 0 saturated heterocycles. The molecule has 3 nitrogen and oxygen atoms in total. The molecule has 2 N–H and O–H groups in total. The van der Waals surface area contributed by atoms with Gasteiger partial charge >= 0.3 is 0 Å². The Kier molecular flexibility index (Phi) is 6.19. The minimum Gasteiger partial charge on any atom is -0.329 e. The standard InChI is InChI=1S/C18H31N3/c1-3-13-21(14-9-17-6-4-5-12-20-17)18(15-19)10-7-16(2)8-11-18/h4-6,12,16H,3,7-11,13-15,19H2,1-2H3. The largest absolute Gasteiger partial charge is 0.329 e. The van der Waals surface area contributed by atoms with Crippen molar-refractivity contribution in [2.45, 2.75) is 57.9 Å². The highest BCUT2D eigenvalue weighted by atomic mass is 15.2. The fourth-order valence-corrected chi connectivity index (χ4v) is 3.60. The highest BCUT2D eigenvalue weighted by molar-refractivity contribution is 5.05. The lowest BCUT2D eigenvalue weighted by atomic mass is 9.75. The molecule has 0 spiro atoms. The van der Waals surface area contributed by atoms with Crippen LogP contribution < -0.4 is 5.73 Å². The molecule has 1 heterocycles. The summed E-state index contributed by atoms with van der Waals surface area (Å²) < 4.78 is 0. The smallest absolute Gasteiger partial charge is 0.0416 e. The number of rotatable bonds is 7. The number of aromatic nitrogens is 1. The van der Waals surface area contributed by atoms with Crippen LogP contribution in [0.1, 0.15) is 51.6 Å². The molecule has 1 fully saturated rings. The van der Waals surface area contributed by atoms with Gasteiger partial charge in [-0.1, -0.05) is 19.9 Å². The Morgan fingerprint density at radius 3 is 2.62 bits per heavy atom. The van der Waals surface area contributed by atoms with Gasteiger partial charge in [-0.2, -0.15) is 0 Å². The summed E-state index contributed by atoms with van der Waals surface area (Å²) in [6, 6.07) is 6.19. The second kappa shape index (κ2) is 7.90. The minimum atomic E-state index is 0.233. The Balaban J connectivity index is 2.02. The summed E-state index contributed by atoms with van der Waals surface area (Å²) in [4.78, 5) is 7.12. The predicted octanol–water partition coefficient (Wildman–Crippen LogP) is 3.24. The predicted molar refractivity (Wildman–Crippen MR) is 89.2 cm³/mol. The fourth-order valence-electron chi connectivity index (χ4n) is 3.60. The van der Waals surface area contributed by atoms with Crippen LogP contribution in [-0.2, 0) is 6.42 Å². The van der Waals surface area contributed by atoms with Gasteiger partial charge in [-0.25, -0.2) is 0 Å². The molecule has 1 aliphatic rings. The van der Waals surface area contributed by atoms with Crippen molar-refractivity contribution >= 4 is 0 Å². The zero-order valence-electron chi connectivity index (χ0n) is 13.7. The molecular weight excluding hydrogens is 258 g/mol. The first kappa shape index (κ1) is 16.4. The first-order valence-electron chi connectivity index (χ1n) is 8.55. The van der Waals surface area contributed by atoms with Gasteiger partial charge in [0, 0.05) is 36.9 Å². The van der Waals surface area contributed by atoms with E-state index in [9.17, 15) is 0 Å². The number of nitrogens with two attached hydrogens (primary N) is 1. The third-order valence-electron chi connectivity index (χ3n) is 5.11. The van der Waals surface area contributed by atoms with Crippen molar-refractivity contribution in [2.75, 3.05) is 19.6 Å². The molecule has 1 aromatic rings. The zero-order valence-corrected chi connectivity index (χ0v) is 13.7. The van der Waals surface area contributed by atoms with Crippen LogP contribution in [0.5, 0.6) is 0 Å². The van der Waals surface area contributed by atoms with E-state index in [1.807, 2.05) is 12.3 Å². The highest BCUT2D eigenvalue weighted by Crippen LogP contribution is 2.36. The van der Waals surface area contributed by atoms with Gasteiger partial charge in [0.05, 0.1) is 0 Å². The van der Waals surface area contributed by atoms with Crippen LogP contribution in [0.15, 0.2) is 24.4 Å². The molecule has 3 heteroatoms. The zero-order chi connectivity index (χ0) is 15.1. The lowest BCUT2D eigenvalue weighted by Crippen LogP contribution is -2.56. The van der Waals surface area contributed by atoms with Crippen molar-refractivity contribution in [3.8, 4) is 0 Å². The second-order valence-electron chi connectivity index (χ2n) is 6.67. The molecule has 0 unspecified atom stereocenters. The van der Waals surface area contributed by atoms with Crippen molar-refractivity contribution in [1.29, 1.82) is 0 Å². The first-order valence-corrected chi connectivity index (χ1v) is 8.55. The van der Waals surface area contributed by atoms with E-state index in [-0.39, 0.29) is 5.54 Å². The number of hydrogen-bond donors (Lipinski definition) is 1. The summed E-state index contributed by atoms with van der Waals surface area (Å²) in [6.07, 6.45) is 9.26. The number of hydrogen-bond acceptors (Lipinski definition) is 3. The highest BCUT2D eigenvalue weighted by Gasteiger charge is 2.37. The van der Waals surface area contributed by atoms with Gasteiger partial charge in [-0.05, 0) is 56.7 Å². The Hall–Kier alpha value is -0.930. The summed E-state index contributed by atoms with van der Waals surface area (Å²) in [5.74, 6) is 0.865. The molecular formula is C18H31N3. The fraction of sp³-hybridized carbons (Fsp3) is 0.722. The summed E-state index contributed by atoms with van der Waals surface area (Å²) in [5.41, 5.74) is 7.65.